The van der Waals surface area contributed by atoms with Crippen LogP contribution < -0.4 is 4.74 Å². The Labute approximate surface area is 95.7 Å². The standard InChI is InChI=1S/C10H8ClF2NO2/c1-2-16-9-4-3-7(5-8(9)11)10(12,13)14-6-15/h3-5H,2H2,1H3. The zero-order chi connectivity index (χ0) is 12.2. The van der Waals surface area contributed by atoms with Gasteiger partial charge in [0.1, 0.15) is 5.75 Å². The van der Waals surface area contributed by atoms with E-state index in [2.05, 4.69) is 4.99 Å². The van der Waals surface area contributed by atoms with Gasteiger partial charge in [0, 0.05) is 5.56 Å². The minimum Gasteiger partial charge on any atom is -0.492 e. The lowest BCUT2D eigenvalue weighted by atomic mass is 10.2. The van der Waals surface area contributed by atoms with Crippen LogP contribution in [0.5, 0.6) is 5.75 Å². The van der Waals surface area contributed by atoms with Crippen LogP contribution in [0.3, 0.4) is 0 Å². The van der Waals surface area contributed by atoms with Crippen LogP contribution >= 0.6 is 11.6 Å². The van der Waals surface area contributed by atoms with Crippen LogP contribution in [-0.2, 0) is 10.8 Å². The van der Waals surface area contributed by atoms with E-state index in [9.17, 15) is 13.6 Å². The maximum Gasteiger partial charge on any atom is 0.379 e. The summed E-state index contributed by atoms with van der Waals surface area (Å²) in [5.41, 5.74) is -0.482. The van der Waals surface area contributed by atoms with Crippen molar-refractivity contribution in [2.75, 3.05) is 6.61 Å². The van der Waals surface area contributed by atoms with Crippen LogP contribution in [0.4, 0.5) is 8.78 Å². The number of rotatable bonds is 4. The first-order valence-corrected chi connectivity index (χ1v) is 4.78. The highest BCUT2D eigenvalue weighted by Crippen LogP contribution is 2.34. The third-order valence-corrected chi connectivity index (χ3v) is 2.06. The normalized spacial score (nSPS) is 10.8. The molecule has 16 heavy (non-hydrogen) atoms. The average Bonchev–Trinajstić information content (AvgIpc) is 2.21. The monoisotopic (exact) mass is 247 g/mol. The predicted molar refractivity (Wildman–Crippen MR) is 54.6 cm³/mol. The van der Waals surface area contributed by atoms with Gasteiger partial charge in [-0.25, -0.2) is 4.79 Å². The van der Waals surface area contributed by atoms with Crippen molar-refractivity contribution in [3.8, 4) is 5.75 Å². The first-order valence-electron chi connectivity index (χ1n) is 4.41. The molecule has 0 heterocycles. The lowest BCUT2D eigenvalue weighted by Crippen LogP contribution is -2.09. The maximum atomic E-state index is 13.1. The Hall–Kier alpha value is -1.45. The third kappa shape index (κ3) is 2.78. The van der Waals surface area contributed by atoms with E-state index in [1.165, 1.54) is 6.07 Å². The Kier molecular flexibility index (Phi) is 3.99. The summed E-state index contributed by atoms with van der Waals surface area (Å²) in [6.45, 7) is 2.12. The highest BCUT2D eigenvalue weighted by Gasteiger charge is 2.31. The molecular formula is C10H8ClF2NO2. The number of nitrogens with zero attached hydrogens (tertiary/aromatic N) is 1. The van der Waals surface area contributed by atoms with Crippen molar-refractivity contribution in [1.82, 2.24) is 0 Å². The highest BCUT2D eigenvalue weighted by atomic mass is 35.5. The number of benzene rings is 1. The molecule has 0 aromatic heterocycles. The quantitative estimate of drug-likeness (QED) is 0.466. The first kappa shape index (κ1) is 12.6. The first-order chi connectivity index (χ1) is 7.51. The molecule has 0 atom stereocenters. The van der Waals surface area contributed by atoms with E-state index in [-0.39, 0.29) is 5.02 Å². The molecule has 0 bridgehead atoms. The van der Waals surface area contributed by atoms with Gasteiger partial charge in [-0.15, -0.1) is 4.99 Å². The molecule has 0 amide bonds. The minimum absolute atomic E-state index is 0.0418. The van der Waals surface area contributed by atoms with E-state index in [1.807, 2.05) is 0 Å². The summed E-state index contributed by atoms with van der Waals surface area (Å²) in [5.74, 6) is 0.304. The SMILES string of the molecule is CCOc1ccc(C(F)(F)N=C=O)cc1Cl. The van der Waals surface area contributed by atoms with Crippen molar-refractivity contribution in [2.24, 2.45) is 4.99 Å². The molecular weight excluding hydrogens is 240 g/mol. The van der Waals surface area contributed by atoms with Crippen LogP contribution in [0.2, 0.25) is 5.02 Å². The van der Waals surface area contributed by atoms with Crippen molar-refractivity contribution in [1.29, 1.82) is 0 Å². The fourth-order valence-corrected chi connectivity index (χ4v) is 1.32. The molecule has 1 aromatic carbocycles. The number of halogens is 3. The molecule has 3 nitrogen and oxygen atoms in total. The van der Waals surface area contributed by atoms with Gasteiger partial charge in [-0.3, -0.25) is 0 Å². The van der Waals surface area contributed by atoms with E-state index in [1.54, 1.807) is 6.92 Å². The zero-order valence-electron chi connectivity index (χ0n) is 8.34. The van der Waals surface area contributed by atoms with Crippen molar-refractivity contribution in [3.05, 3.63) is 28.8 Å². The maximum absolute atomic E-state index is 13.1. The smallest absolute Gasteiger partial charge is 0.379 e. The number of hydrogen-bond donors (Lipinski definition) is 0. The van der Waals surface area contributed by atoms with E-state index < -0.39 is 11.6 Å². The minimum atomic E-state index is -3.61. The van der Waals surface area contributed by atoms with Gasteiger partial charge in [0.25, 0.3) is 0 Å². The van der Waals surface area contributed by atoms with Gasteiger partial charge in [0.2, 0.25) is 6.08 Å². The van der Waals surface area contributed by atoms with Crippen molar-refractivity contribution >= 4 is 17.7 Å². The Morgan fingerprint density at radius 2 is 2.25 bits per heavy atom. The van der Waals surface area contributed by atoms with Crippen LogP contribution in [-0.4, -0.2) is 12.7 Å². The summed E-state index contributed by atoms with van der Waals surface area (Å²) in [5, 5.41) is 0.0418. The number of hydrogen-bond acceptors (Lipinski definition) is 3. The van der Waals surface area contributed by atoms with Gasteiger partial charge in [0.15, 0.2) is 0 Å². The molecule has 0 saturated carbocycles. The van der Waals surface area contributed by atoms with E-state index in [4.69, 9.17) is 16.3 Å². The molecule has 1 rings (SSSR count). The molecule has 0 fully saturated rings. The van der Waals surface area contributed by atoms with Gasteiger partial charge in [-0.2, -0.15) is 8.78 Å². The van der Waals surface area contributed by atoms with E-state index in [0.717, 1.165) is 18.2 Å². The van der Waals surface area contributed by atoms with Gasteiger partial charge < -0.3 is 4.74 Å². The molecule has 0 N–H and O–H groups in total. The van der Waals surface area contributed by atoms with Crippen LogP contribution in [0, 0.1) is 0 Å². The number of aliphatic imine (C=N–C) groups is 1. The molecule has 0 radical (unpaired) electrons. The van der Waals surface area contributed by atoms with Crippen LogP contribution in [0.25, 0.3) is 0 Å². The topological polar surface area (TPSA) is 38.7 Å². The van der Waals surface area contributed by atoms with E-state index >= 15 is 0 Å². The van der Waals surface area contributed by atoms with Crippen LogP contribution in [0.1, 0.15) is 12.5 Å². The summed E-state index contributed by atoms with van der Waals surface area (Å²) >= 11 is 5.72. The molecule has 6 heteroatoms. The second-order valence-corrected chi connectivity index (χ2v) is 3.23. The van der Waals surface area contributed by atoms with Gasteiger partial charge in [-0.1, -0.05) is 11.6 Å². The molecule has 86 valence electrons. The van der Waals surface area contributed by atoms with Crippen molar-refractivity contribution in [3.63, 3.8) is 0 Å². The predicted octanol–water partition coefficient (Wildman–Crippen LogP) is 3.12. The Bertz CT molecular complexity index is 431. The molecule has 1 aromatic rings. The van der Waals surface area contributed by atoms with Crippen molar-refractivity contribution < 1.29 is 18.3 Å². The Morgan fingerprint density at radius 3 is 2.75 bits per heavy atom. The molecule has 0 unspecified atom stereocenters. The second kappa shape index (κ2) is 5.05. The fraction of sp³-hybridized carbons (Fsp3) is 0.300. The van der Waals surface area contributed by atoms with Gasteiger partial charge in [0.05, 0.1) is 11.6 Å². The largest absolute Gasteiger partial charge is 0.492 e. The van der Waals surface area contributed by atoms with Crippen molar-refractivity contribution in [2.45, 2.75) is 13.0 Å². The Morgan fingerprint density at radius 1 is 1.56 bits per heavy atom. The lowest BCUT2D eigenvalue weighted by molar-refractivity contribution is 0.00614. The number of carbonyl (C=O) groups excluding carboxylic acids is 1. The third-order valence-electron chi connectivity index (χ3n) is 1.77. The summed E-state index contributed by atoms with van der Waals surface area (Å²) in [6.07, 6.45) is 0.816. The average molecular weight is 248 g/mol. The van der Waals surface area contributed by atoms with E-state index in [0.29, 0.717) is 12.4 Å². The summed E-state index contributed by atoms with van der Waals surface area (Å²) in [6, 6.07) is -0.212. The van der Waals surface area contributed by atoms with Crippen LogP contribution in [0.15, 0.2) is 23.2 Å². The molecule has 0 aliphatic heterocycles. The molecule has 0 aliphatic carbocycles. The fourth-order valence-electron chi connectivity index (χ4n) is 1.08. The number of isocyanates is 1. The Balaban J connectivity index is 3.10. The second-order valence-electron chi connectivity index (χ2n) is 2.82. The summed E-state index contributed by atoms with van der Waals surface area (Å²) in [7, 11) is 0. The number of ether oxygens (including phenoxy) is 1. The molecule has 0 saturated heterocycles. The number of alkyl halides is 2. The molecule has 0 spiro atoms. The lowest BCUT2D eigenvalue weighted by Gasteiger charge is -2.11. The zero-order valence-corrected chi connectivity index (χ0v) is 9.09. The summed E-state index contributed by atoms with van der Waals surface area (Å²) < 4.78 is 31.3. The molecule has 0 aliphatic rings. The van der Waals surface area contributed by atoms with Gasteiger partial charge in [-0.05, 0) is 25.1 Å². The highest BCUT2D eigenvalue weighted by molar-refractivity contribution is 6.32. The van der Waals surface area contributed by atoms with Gasteiger partial charge >= 0.3 is 6.05 Å². The summed E-state index contributed by atoms with van der Waals surface area (Å²) in [4.78, 5) is 12.2.